The molecule has 1 saturated heterocycles. The van der Waals surface area contributed by atoms with Gasteiger partial charge in [0.15, 0.2) is 0 Å². The monoisotopic (exact) mass is 522 g/mol. The highest BCUT2D eigenvalue weighted by Crippen LogP contribution is 2.31. The molecular formula is C21H16BrClN2O5S. The van der Waals surface area contributed by atoms with E-state index in [0.29, 0.717) is 16.5 Å². The fraction of sp³-hybridized carbons (Fsp3) is 0.143. The first-order chi connectivity index (χ1) is 14.8. The first-order valence-corrected chi connectivity index (χ1v) is 11.8. The molecule has 4 rings (SSSR count). The molecule has 1 atom stereocenters. The third-order valence-corrected chi connectivity index (χ3v) is 7.52. The number of carbonyl (C=O) groups is 2. The Morgan fingerprint density at radius 2 is 1.74 bits per heavy atom. The van der Waals surface area contributed by atoms with Crippen LogP contribution in [0.5, 0.6) is 0 Å². The number of rotatable bonds is 6. The van der Waals surface area contributed by atoms with E-state index in [9.17, 15) is 18.0 Å². The lowest BCUT2D eigenvalue weighted by molar-refractivity contribution is -0.122. The van der Waals surface area contributed by atoms with Crippen LogP contribution >= 0.6 is 27.5 Å². The molecule has 10 heteroatoms. The Labute approximate surface area is 192 Å². The van der Waals surface area contributed by atoms with Gasteiger partial charge >= 0.3 is 0 Å². The molecule has 160 valence electrons. The van der Waals surface area contributed by atoms with Crippen molar-refractivity contribution >= 4 is 55.1 Å². The van der Waals surface area contributed by atoms with Gasteiger partial charge in [-0.15, -0.1) is 0 Å². The van der Waals surface area contributed by atoms with Crippen LogP contribution in [0, 0.1) is 0 Å². The molecule has 2 heterocycles. The summed E-state index contributed by atoms with van der Waals surface area (Å²) < 4.78 is 34.0. The Balaban J connectivity index is 1.73. The molecule has 3 aromatic rings. The molecule has 0 spiro atoms. The van der Waals surface area contributed by atoms with Crippen LogP contribution in [0.2, 0.25) is 5.02 Å². The molecule has 1 aliphatic heterocycles. The average molecular weight is 524 g/mol. The van der Waals surface area contributed by atoms with E-state index < -0.39 is 27.9 Å². The predicted octanol–water partition coefficient (Wildman–Crippen LogP) is 4.22. The van der Waals surface area contributed by atoms with Gasteiger partial charge in [0.2, 0.25) is 15.9 Å². The van der Waals surface area contributed by atoms with Gasteiger partial charge in [-0.25, -0.2) is 13.3 Å². The molecule has 1 aliphatic rings. The summed E-state index contributed by atoms with van der Waals surface area (Å²) in [5, 5.41) is 0.380. The Morgan fingerprint density at radius 1 is 1.06 bits per heavy atom. The quantitative estimate of drug-likeness (QED) is 0.452. The van der Waals surface area contributed by atoms with E-state index in [0.717, 1.165) is 13.7 Å². The summed E-state index contributed by atoms with van der Waals surface area (Å²) in [4.78, 5) is 26.9. The smallest absolute Gasteiger partial charge is 0.252 e. The first kappa shape index (κ1) is 21.8. The van der Waals surface area contributed by atoms with Crippen LogP contribution in [-0.4, -0.2) is 30.6 Å². The highest BCUT2D eigenvalue weighted by molar-refractivity contribution is 9.10. The lowest BCUT2D eigenvalue weighted by Gasteiger charge is -2.26. The second-order valence-corrected chi connectivity index (χ2v) is 10.1. The number of imide groups is 1. The molecule has 1 fully saturated rings. The highest BCUT2D eigenvalue weighted by atomic mass is 79.9. The van der Waals surface area contributed by atoms with Crippen LogP contribution in [0.15, 0.2) is 80.7 Å². The molecule has 1 unspecified atom stereocenters. The van der Waals surface area contributed by atoms with E-state index in [-0.39, 0.29) is 17.9 Å². The summed E-state index contributed by atoms with van der Waals surface area (Å²) in [6.45, 7) is -0.199. The minimum atomic E-state index is -4.14. The molecule has 2 amide bonds. The number of halogens is 2. The molecular weight excluding hydrogens is 508 g/mol. The molecule has 0 N–H and O–H groups in total. The van der Waals surface area contributed by atoms with Gasteiger partial charge in [0.05, 0.1) is 29.8 Å². The van der Waals surface area contributed by atoms with Crippen molar-refractivity contribution in [1.29, 1.82) is 0 Å². The second-order valence-electron chi connectivity index (χ2n) is 6.85. The SMILES string of the molecule is O=C1CC(N(Cc2ccco2)S(=O)(=O)c2ccc(Cl)cc2)C(=O)N1c1ccc(Br)cc1. The summed E-state index contributed by atoms with van der Waals surface area (Å²) in [5.41, 5.74) is 0.377. The zero-order valence-electron chi connectivity index (χ0n) is 15.9. The molecule has 0 bridgehead atoms. The van der Waals surface area contributed by atoms with Gasteiger partial charge < -0.3 is 4.42 Å². The Hall–Kier alpha value is -2.46. The number of sulfonamides is 1. The summed E-state index contributed by atoms with van der Waals surface area (Å²) >= 11 is 9.21. The third-order valence-electron chi connectivity index (χ3n) is 4.87. The van der Waals surface area contributed by atoms with Gasteiger partial charge in [0, 0.05) is 9.50 Å². The van der Waals surface area contributed by atoms with Gasteiger partial charge in [-0.2, -0.15) is 4.31 Å². The van der Waals surface area contributed by atoms with E-state index in [4.69, 9.17) is 16.0 Å². The van der Waals surface area contributed by atoms with Crippen molar-refractivity contribution in [2.45, 2.75) is 23.9 Å². The number of hydrogen-bond donors (Lipinski definition) is 0. The largest absolute Gasteiger partial charge is 0.468 e. The standard InChI is InChI=1S/C21H16BrClN2O5S/c22-14-3-7-16(8-4-14)25-20(26)12-19(21(25)27)24(13-17-2-1-11-30-17)31(28,29)18-9-5-15(23)6-10-18/h1-11,19H,12-13H2. The Morgan fingerprint density at radius 3 is 2.35 bits per heavy atom. The average Bonchev–Trinajstić information content (AvgIpc) is 3.35. The molecule has 0 radical (unpaired) electrons. The van der Waals surface area contributed by atoms with E-state index in [1.165, 1.54) is 30.5 Å². The number of anilines is 1. The zero-order valence-corrected chi connectivity index (χ0v) is 19.1. The molecule has 7 nitrogen and oxygen atoms in total. The summed E-state index contributed by atoms with van der Waals surface area (Å²) in [7, 11) is -4.14. The van der Waals surface area contributed by atoms with Gasteiger partial charge in [0.25, 0.3) is 5.91 Å². The summed E-state index contributed by atoms with van der Waals surface area (Å²) in [6.07, 6.45) is 1.14. The van der Waals surface area contributed by atoms with E-state index in [1.807, 2.05) is 0 Å². The summed E-state index contributed by atoms with van der Waals surface area (Å²) in [6, 6.07) is 14.3. The van der Waals surface area contributed by atoms with Crippen LogP contribution in [0.4, 0.5) is 5.69 Å². The van der Waals surface area contributed by atoms with Crippen LogP contribution in [0.25, 0.3) is 0 Å². The minimum Gasteiger partial charge on any atom is -0.468 e. The number of carbonyl (C=O) groups excluding carboxylic acids is 2. The lowest BCUT2D eigenvalue weighted by Crippen LogP contribution is -2.45. The summed E-state index contributed by atoms with van der Waals surface area (Å²) in [5.74, 6) is -0.746. The Kier molecular flexibility index (Phi) is 6.02. The van der Waals surface area contributed by atoms with Gasteiger partial charge in [-0.05, 0) is 60.7 Å². The fourth-order valence-corrected chi connectivity index (χ4v) is 5.30. The van der Waals surface area contributed by atoms with Crippen molar-refractivity contribution < 1.29 is 22.4 Å². The van der Waals surface area contributed by atoms with Gasteiger partial charge in [-0.3, -0.25) is 9.59 Å². The Bertz CT molecular complexity index is 1210. The number of benzene rings is 2. The minimum absolute atomic E-state index is 0.0363. The first-order valence-electron chi connectivity index (χ1n) is 9.19. The van der Waals surface area contributed by atoms with E-state index in [2.05, 4.69) is 15.9 Å². The maximum absolute atomic E-state index is 13.4. The van der Waals surface area contributed by atoms with E-state index in [1.54, 1.807) is 36.4 Å². The van der Waals surface area contributed by atoms with Gasteiger partial charge in [-0.1, -0.05) is 27.5 Å². The van der Waals surface area contributed by atoms with Crippen molar-refractivity contribution in [2.75, 3.05) is 4.90 Å². The van der Waals surface area contributed by atoms with Crippen LogP contribution in [0.3, 0.4) is 0 Å². The van der Waals surface area contributed by atoms with Crippen molar-refractivity contribution in [2.24, 2.45) is 0 Å². The topological polar surface area (TPSA) is 87.9 Å². The van der Waals surface area contributed by atoms with Crippen molar-refractivity contribution in [3.63, 3.8) is 0 Å². The third kappa shape index (κ3) is 4.31. The lowest BCUT2D eigenvalue weighted by atomic mass is 10.2. The van der Waals surface area contributed by atoms with Crippen molar-refractivity contribution in [1.82, 2.24) is 4.31 Å². The number of amides is 2. The maximum atomic E-state index is 13.4. The zero-order chi connectivity index (χ0) is 22.2. The second kappa shape index (κ2) is 8.58. The normalized spacial score (nSPS) is 17.0. The van der Waals surface area contributed by atoms with Crippen molar-refractivity contribution in [3.05, 3.63) is 82.2 Å². The van der Waals surface area contributed by atoms with Crippen LogP contribution in [-0.2, 0) is 26.2 Å². The predicted molar refractivity (Wildman–Crippen MR) is 118 cm³/mol. The highest BCUT2D eigenvalue weighted by Gasteiger charge is 2.47. The molecule has 0 aliphatic carbocycles. The molecule has 2 aromatic carbocycles. The van der Waals surface area contributed by atoms with Crippen LogP contribution in [0.1, 0.15) is 12.2 Å². The van der Waals surface area contributed by atoms with Crippen LogP contribution < -0.4 is 4.90 Å². The maximum Gasteiger partial charge on any atom is 0.252 e. The van der Waals surface area contributed by atoms with Gasteiger partial charge in [0.1, 0.15) is 11.8 Å². The fourth-order valence-electron chi connectivity index (χ4n) is 3.36. The van der Waals surface area contributed by atoms with E-state index >= 15 is 0 Å². The number of hydrogen-bond acceptors (Lipinski definition) is 5. The molecule has 31 heavy (non-hydrogen) atoms. The number of furan rings is 1. The molecule has 1 aromatic heterocycles. The van der Waals surface area contributed by atoms with Crippen molar-refractivity contribution in [3.8, 4) is 0 Å². The number of nitrogens with zero attached hydrogens (tertiary/aromatic N) is 2. The molecule has 0 saturated carbocycles.